The van der Waals surface area contributed by atoms with Gasteiger partial charge in [-0.3, -0.25) is 0 Å². The topological polar surface area (TPSA) is 26.0 Å². The van der Waals surface area contributed by atoms with Crippen molar-refractivity contribution in [3.05, 3.63) is 33.5 Å². The van der Waals surface area contributed by atoms with E-state index in [-0.39, 0.29) is 11.7 Å². The predicted molar refractivity (Wildman–Crippen MR) is 60.9 cm³/mol. The van der Waals surface area contributed by atoms with Crippen molar-refractivity contribution < 1.29 is 4.39 Å². The maximum Gasteiger partial charge on any atom is 0.141 e. The lowest BCUT2D eigenvalue weighted by atomic mass is 9.93. The first kappa shape index (κ1) is 11.7. The molecule has 78 valence electrons. The van der Waals surface area contributed by atoms with Gasteiger partial charge in [0.25, 0.3) is 0 Å². The van der Waals surface area contributed by atoms with Crippen LogP contribution in [0, 0.1) is 12.7 Å². The van der Waals surface area contributed by atoms with Crippen molar-refractivity contribution in [1.29, 1.82) is 0 Å². The summed E-state index contributed by atoms with van der Waals surface area (Å²) in [7, 11) is 0. The third kappa shape index (κ3) is 2.34. The fourth-order valence-corrected chi connectivity index (χ4v) is 2.01. The Morgan fingerprint density at radius 2 is 2.14 bits per heavy atom. The SMILES string of the molecule is Cc1ccc(Br)c(F)c1C(C)CCN. The van der Waals surface area contributed by atoms with E-state index in [4.69, 9.17) is 5.73 Å². The van der Waals surface area contributed by atoms with Gasteiger partial charge in [-0.05, 0) is 58.9 Å². The Kier molecular flexibility index (Phi) is 4.08. The Balaban J connectivity index is 3.11. The highest BCUT2D eigenvalue weighted by Gasteiger charge is 2.15. The largest absolute Gasteiger partial charge is 0.330 e. The van der Waals surface area contributed by atoms with Gasteiger partial charge in [0.15, 0.2) is 0 Å². The summed E-state index contributed by atoms with van der Waals surface area (Å²) in [6.45, 7) is 4.52. The Morgan fingerprint density at radius 3 is 2.71 bits per heavy atom. The van der Waals surface area contributed by atoms with Crippen LogP contribution in [-0.4, -0.2) is 6.54 Å². The van der Waals surface area contributed by atoms with Crippen LogP contribution < -0.4 is 5.73 Å². The minimum absolute atomic E-state index is 0.147. The van der Waals surface area contributed by atoms with Crippen LogP contribution in [0.15, 0.2) is 16.6 Å². The number of benzene rings is 1. The zero-order chi connectivity index (χ0) is 10.7. The van der Waals surface area contributed by atoms with E-state index in [0.717, 1.165) is 17.5 Å². The number of nitrogens with two attached hydrogens (primary N) is 1. The highest BCUT2D eigenvalue weighted by Crippen LogP contribution is 2.29. The van der Waals surface area contributed by atoms with Crippen molar-refractivity contribution in [3.63, 3.8) is 0 Å². The van der Waals surface area contributed by atoms with Gasteiger partial charge in [-0.15, -0.1) is 0 Å². The third-order valence-corrected chi connectivity index (χ3v) is 3.06. The zero-order valence-electron chi connectivity index (χ0n) is 8.48. The highest BCUT2D eigenvalue weighted by molar-refractivity contribution is 9.10. The van der Waals surface area contributed by atoms with Crippen LogP contribution in [0.4, 0.5) is 4.39 Å². The molecule has 0 aliphatic carbocycles. The quantitative estimate of drug-likeness (QED) is 0.886. The summed E-state index contributed by atoms with van der Waals surface area (Å²) in [5.41, 5.74) is 7.25. The lowest BCUT2D eigenvalue weighted by molar-refractivity contribution is 0.569. The Morgan fingerprint density at radius 1 is 1.50 bits per heavy atom. The summed E-state index contributed by atoms with van der Waals surface area (Å²) >= 11 is 3.19. The number of halogens is 2. The van der Waals surface area contributed by atoms with Crippen LogP contribution >= 0.6 is 15.9 Å². The fraction of sp³-hybridized carbons (Fsp3) is 0.455. The van der Waals surface area contributed by atoms with Gasteiger partial charge in [0.1, 0.15) is 5.82 Å². The molecule has 1 aromatic rings. The van der Waals surface area contributed by atoms with Crippen molar-refractivity contribution in [2.45, 2.75) is 26.2 Å². The molecule has 0 radical (unpaired) electrons. The Bertz CT molecular complexity index is 325. The van der Waals surface area contributed by atoms with E-state index in [1.165, 1.54) is 0 Å². The molecule has 0 spiro atoms. The summed E-state index contributed by atoms with van der Waals surface area (Å²) in [6, 6.07) is 3.67. The van der Waals surface area contributed by atoms with E-state index in [1.54, 1.807) is 6.07 Å². The van der Waals surface area contributed by atoms with Gasteiger partial charge >= 0.3 is 0 Å². The Labute approximate surface area is 92.6 Å². The van der Waals surface area contributed by atoms with E-state index in [1.807, 2.05) is 19.9 Å². The second-order valence-corrected chi connectivity index (χ2v) is 4.42. The van der Waals surface area contributed by atoms with E-state index < -0.39 is 0 Å². The number of hydrogen-bond donors (Lipinski definition) is 1. The van der Waals surface area contributed by atoms with Gasteiger partial charge in [0, 0.05) is 0 Å². The molecular weight excluding hydrogens is 245 g/mol. The van der Waals surface area contributed by atoms with Crippen LogP contribution in [-0.2, 0) is 0 Å². The van der Waals surface area contributed by atoms with Crippen molar-refractivity contribution in [1.82, 2.24) is 0 Å². The van der Waals surface area contributed by atoms with Gasteiger partial charge in [0.05, 0.1) is 4.47 Å². The molecule has 3 heteroatoms. The van der Waals surface area contributed by atoms with Crippen LogP contribution in [0.5, 0.6) is 0 Å². The summed E-state index contributed by atoms with van der Waals surface area (Å²) in [5.74, 6) is 0.0310. The molecule has 0 aliphatic heterocycles. The number of aryl methyl sites for hydroxylation is 1. The van der Waals surface area contributed by atoms with Gasteiger partial charge in [-0.25, -0.2) is 4.39 Å². The smallest absolute Gasteiger partial charge is 0.141 e. The average Bonchev–Trinajstić information content (AvgIpc) is 2.13. The molecule has 0 heterocycles. The molecule has 0 saturated heterocycles. The lowest BCUT2D eigenvalue weighted by Gasteiger charge is -2.15. The molecule has 0 aliphatic rings. The molecule has 2 N–H and O–H groups in total. The van der Waals surface area contributed by atoms with Crippen LogP contribution in [0.2, 0.25) is 0 Å². The first-order valence-corrected chi connectivity index (χ1v) is 5.51. The molecule has 1 atom stereocenters. The van der Waals surface area contributed by atoms with Crippen molar-refractivity contribution in [2.24, 2.45) is 5.73 Å². The Hall–Kier alpha value is -0.410. The fourth-order valence-electron chi connectivity index (χ4n) is 1.66. The molecule has 0 saturated carbocycles. The van der Waals surface area contributed by atoms with E-state index in [9.17, 15) is 4.39 Å². The maximum absolute atomic E-state index is 13.7. The minimum Gasteiger partial charge on any atom is -0.330 e. The normalized spacial score (nSPS) is 12.9. The van der Waals surface area contributed by atoms with Crippen LogP contribution in [0.25, 0.3) is 0 Å². The molecule has 1 nitrogen and oxygen atoms in total. The predicted octanol–water partition coefficient (Wildman–Crippen LogP) is 3.35. The molecule has 1 aromatic carbocycles. The van der Waals surface area contributed by atoms with Gasteiger partial charge in [0.2, 0.25) is 0 Å². The third-order valence-electron chi connectivity index (χ3n) is 2.44. The molecule has 0 aromatic heterocycles. The highest BCUT2D eigenvalue weighted by atomic mass is 79.9. The molecule has 0 fully saturated rings. The van der Waals surface area contributed by atoms with E-state index in [0.29, 0.717) is 11.0 Å². The molecule has 0 amide bonds. The second-order valence-electron chi connectivity index (χ2n) is 3.57. The molecular formula is C11H15BrFN. The summed E-state index contributed by atoms with van der Waals surface area (Å²) in [4.78, 5) is 0. The van der Waals surface area contributed by atoms with Gasteiger partial charge in [-0.2, -0.15) is 0 Å². The molecule has 1 unspecified atom stereocenters. The number of hydrogen-bond acceptors (Lipinski definition) is 1. The van der Waals surface area contributed by atoms with Crippen LogP contribution in [0.1, 0.15) is 30.4 Å². The van der Waals surface area contributed by atoms with E-state index in [2.05, 4.69) is 15.9 Å². The van der Waals surface area contributed by atoms with Gasteiger partial charge < -0.3 is 5.73 Å². The maximum atomic E-state index is 13.7. The first-order chi connectivity index (χ1) is 6.57. The summed E-state index contributed by atoms with van der Waals surface area (Å²) in [5, 5.41) is 0. The van der Waals surface area contributed by atoms with E-state index >= 15 is 0 Å². The van der Waals surface area contributed by atoms with Crippen molar-refractivity contribution in [3.8, 4) is 0 Å². The molecule has 14 heavy (non-hydrogen) atoms. The lowest BCUT2D eigenvalue weighted by Crippen LogP contribution is -2.07. The van der Waals surface area contributed by atoms with Gasteiger partial charge in [-0.1, -0.05) is 13.0 Å². The first-order valence-electron chi connectivity index (χ1n) is 4.72. The zero-order valence-corrected chi connectivity index (χ0v) is 10.1. The monoisotopic (exact) mass is 259 g/mol. The van der Waals surface area contributed by atoms with Crippen LogP contribution in [0.3, 0.4) is 0 Å². The minimum atomic E-state index is -0.147. The second kappa shape index (κ2) is 4.89. The number of rotatable bonds is 3. The van der Waals surface area contributed by atoms with Crippen molar-refractivity contribution >= 4 is 15.9 Å². The molecule has 0 bridgehead atoms. The summed E-state index contributed by atoms with van der Waals surface area (Å²) < 4.78 is 14.3. The van der Waals surface area contributed by atoms with Crippen molar-refractivity contribution in [2.75, 3.05) is 6.54 Å². The summed E-state index contributed by atoms with van der Waals surface area (Å²) in [6.07, 6.45) is 0.814. The average molecular weight is 260 g/mol. The molecule has 1 rings (SSSR count). The standard InChI is InChI=1S/C11H15BrFN/c1-7-3-4-9(12)11(13)10(7)8(2)5-6-14/h3-4,8H,5-6,14H2,1-2H3.